The van der Waals surface area contributed by atoms with Crippen LogP contribution in [0, 0.1) is 5.82 Å². The Bertz CT molecular complexity index is 793. The number of hydrogen-bond acceptors (Lipinski definition) is 3. The first-order chi connectivity index (χ1) is 12.4. The van der Waals surface area contributed by atoms with Crippen molar-refractivity contribution in [2.24, 2.45) is 0 Å². The molecule has 2 rings (SSSR count). The van der Waals surface area contributed by atoms with Gasteiger partial charge in [0.1, 0.15) is 5.82 Å². The van der Waals surface area contributed by atoms with E-state index < -0.39 is 6.61 Å². The molecule has 0 fully saturated rings. The average Bonchev–Trinajstić information content (AvgIpc) is 2.60. The first-order valence-corrected chi connectivity index (χ1v) is 7.70. The van der Waals surface area contributed by atoms with Crippen molar-refractivity contribution in [1.29, 1.82) is 0 Å². The second-order valence-corrected chi connectivity index (χ2v) is 5.41. The number of para-hydroxylation sites is 1. The highest BCUT2D eigenvalue weighted by Crippen LogP contribution is 2.33. The number of methoxy groups -OCH3 is 1. The number of nitrogens with zero attached hydrogens (tertiary/aromatic N) is 1. The van der Waals surface area contributed by atoms with Crippen molar-refractivity contribution >= 4 is 12.0 Å². The molecule has 0 N–H and O–H groups in total. The SMILES string of the molecule is COc1cccc(/C=C/C(=O)N(C)Cc2cccc(F)c2)c1OC(F)F. The number of halogens is 3. The third-order valence-corrected chi connectivity index (χ3v) is 3.53. The number of likely N-dealkylation sites (N-methyl/N-ethyl adjacent to an activating group) is 1. The molecule has 0 aliphatic carbocycles. The number of ether oxygens (including phenoxy) is 2. The third-order valence-electron chi connectivity index (χ3n) is 3.53. The highest BCUT2D eigenvalue weighted by Gasteiger charge is 2.14. The number of benzene rings is 2. The zero-order chi connectivity index (χ0) is 19.1. The van der Waals surface area contributed by atoms with Crippen LogP contribution in [0.1, 0.15) is 11.1 Å². The van der Waals surface area contributed by atoms with E-state index in [1.807, 2.05) is 0 Å². The van der Waals surface area contributed by atoms with Crippen LogP contribution in [0.25, 0.3) is 6.08 Å². The molecular weight excluding hydrogens is 347 g/mol. The van der Waals surface area contributed by atoms with Gasteiger partial charge in [0.2, 0.25) is 5.91 Å². The van der Waals surface area contributed by atoms with Gasteiger partial charge in [0.05, 0.1) is 7.11 Å². The molecule has 0 aliphatic heterocycles. The zero-order valence-corrected chi connectivity index (χ0v) is 14.3. The van der Waals surface area contributed by atoms with Gasteiger partial charge in [-0.05, 0) is 29.8 Å². The summed E-state index contributed by atoms with van der Waals surface area (Å²) < 4.78 is 47.9. The van der Waals surface area contributed by atoms with Crippen LogP contribution in [0.4, 0.5) is 13.2 Å². The van der Waals surface area contributed by atoms with Crippen LogP contribution in [0.3, 0.4) is 0 Å². The van der Waals surface area contributed by atoms with Crippen LogP contribution in [0.5, 0.6) is 11.5 Å². The summed E-state index contributed by atoms with van der Waals surface area (Å²) in [5, 5.41) is 0. The van der Waals surface area contributed by atoms with E-state index in [4.69, 9.17) is 4.74 Å². The molecule has 2 aromatic rings. The van der Waals surface area contributed by atoms with Crippen LogP contribution in [0.2, 0.25) is 0 Å². The quantitative estimate of drug-likeness (QED) is 0.693. The maximum Gasteiger partial charge on any atom is 0.387 e. The largest absolute Gasteiger partial charge is 0.493 e. The minimum atomic E-state index is -3.02. The number of rotatable bonds is 7. The molecule has 0 aliphatic rings. The topological polar surface area (TPSA) is 38.8 Å². The fraction of sp³-hybridized carbons (Fsp3) is 0.211. The summed E-state index contributed by atoms with van der Waals surface area (Å²) in [6.45, 7) is -2.82. The molecular formula is C19H18F3NO3. The van der Waals surface area contributed by atoms with Gasteiger partial charge in [0.15, 0.2) is 11.5 Å². The lowest BCUT2D eigenvalue weighted by Gasteiger charge is -2.15. The van der Waals surface area contributed by atoms with Gasteiger partial charge in [-0.25, -0.2) is 4.39 Å². The molecule has 2 aromatic carbocycles. The molecule has 0 aromatic heterocycles. The molecule has 26 heavy (non-hydrogen) atoms. The van der Waals surface area contributed by atoms with Crippen molar-refractivity contribution in [2.45, 2.75) is 13.2 Å². The van der Waals surface area contributed by atoms with Crippen LogP contribution in [0.15, 0.2) is 48.5 Å². The number of carbonyl (C=O) groups is 1. The Morgan fingerprint density at radius 1 is 1.23 bits per heavy atom. The van der Waals surface area contributed by atoms with Gasteiger partial charge in [-0.3, -0.25) is 4.79 Å². The smallest absolute Gasteiger partial charge is 0.387 e. The Morgan fingerprint density at radius 2 is 1.96 bits per heavy atom. The normalized spacial score (nSPS) is 11.0. The van der Waals surface area contributed by atoms with E-state index in [9.17, 15) is 18.0 Å². The molecule has 0 atom stereocenters. The van der Waals surface area contributed by atoms with Crippen LogP contribution < -0.4 is 9.47 Å². The summed E-state index contributed by atoms with van der Waals surface area (Å²) in [7, 11) is 2.89. The molecule has 0 saturated carbocycles. The van der Waals surface area contributed by atoms with E-state index in [2.05, 4.69) is 4.74 Å². The first-order valence-electron chi connectivity index (χ1n) is 7.70. The second-order valence-electron chi connectivity index (χ2n) is 5.41. The van der Waals surface area contributed by atoms with Crippen LogP contribution >= 0.6 is 0 Å². The average molecular weight is 365 g/mol. The Kier molecular flexibility index (Phi) is 6.66. The third kappa shape index (κ3) is 5.27. The summed E-state index contributed by atoms with van der Waals surface area (Å²) >= 11 is 0. The van der Waals surface area contributed by atoms with E-state index in [1.54, 1.807) is 25.2 Å². The Hall–Kier alpha value is -2.96. The molecule has 0 saturated heterocycles. The van der Waals surface area contributed by atoms with Crippen molar-refractivity contribution in [3.05, 3.63) is 65.5 Å². The number of carbonyl (C=O) groups excluding carboxylic acids is 1. The monoisotopic (exact) mass is 365 g/mol. The van der Waals surface area contributed by atoms with Crippen LogP contribution in [-0.4, -0.2) is 31.6 Å². The van der Waals surface area contributed by atoms with Crippen molar-refractivity contribution in [2.75, 3.05) is 14.2 Å². The van der Waals surface area contributed by atoms with E-state index in [0.717, 1.165) is 0 Å². The lowest BCUT2D eigenvalue weighted by molar-refractivity contribution is -0.125. The molecule has 4 nitrogen and oxygen atoms in total. The van der Waals surface area contributed by atoms with Crippen molar-refractivity contribution in [3.63, 3.8) is 0 Å². The summed E-state index contributed by atoms with van der Waals surface area (Å²) in [4.78, 5) is 13.6. The van der Waals surface area contributed by atoms with E-state index in [0.29, 0.717) is 5.56 Å². The van der Waals surface area contributed by atoms with Gasteiger partial charge in [0, 0.05) is 25.2 Å². The highest BCUT2D eigenvalue weighted by atomic mass is 19.3. The van der Waals surface area contributed by atoms with Crippen molar-refractivity contribution in [3.8, 4) is 11.5 Å². The van der Waals surface area contributed by atoms with Gasteiger partial charge in [-0.15, -0.1) is 0 Å². The van der Waals surface area contributed by atoms with E-state index in [1.165, 1.54) is 48.4 Å². The molecule has 1 amide bonds. The molecule has 138 valence electrons. The van der Waals surface area contributed by atoms with Crippen molar-refractivity contribution < 1.29 is 27.4 Å². The summed E-state index contributed by atoms with van der Waals surface area (Å²) in [6, 6.07) is 10.5. The highest BCUT2D eigenvalue weighted by molar-refractivity contribution is 5.92. The van der Waals surface area contributed by atoms with Gasteiger partial charge in [-0.1, -0.05) is 24.3 Å². The van der Waals surface area contributed by atoms with Crippen LogP contribution in [-0.2, 0) is 11.3 Å². The maximum atomic E-state index is 13.2. The fourth-order valence-corrected chi connectivity index (χ4v) is 2.32. The number of alkyl halides is 2. The predicted octanol–water partition coefficient (Wildman–Crippen LogP) is 4.11. The summed E-state index contributed by atoms with van der Waals surface area (Å²) in [6.07, 6.45) is 2.59. The number of hydrogen-bond donors (Lipinski definition) is 0. The fourth-order valence-electron chi connectivity index (χ4n) is 2.32. The Balaban J connectivity index is 2.14. The second kappa shape index (κ2) is 8.94. The molecule has 0 spiro atoms. The minimum absolute atomic E-state index is 0.132. The summed E-state index contributed by atoms with van der Waals surface area (Å²) in [5.41, 5.74) is 0.912. The lowest BCUT2D eigenvalue weighted by atomic mass is 10.1. The molecule has 0 bridgehead atoms. The Morgan fingerprint density at radius 3 is 2.62 bits per heavy atom. The van der Waals surface area contributed by atoms with Gasteiger partial charge >= 0.3 is 6.61 Å². The number of amides is 1. The molecule has 0 heterocycles. The zero-order valence-electron chi connectivity index (χ0n) is 14.3. The standard InChI is InChI=1S/C19H18F3NO3/c1-23(12-13-5-3-7-15(20)11-13)17(24)10-9-14-6-4-8-16(25-2)18(14)26-19(21)22/h3-11,19H,12H2,1-2H3/b10-9+. The first kappa shape index (κ1) is 19.4. The van der Waals surface area contributed by atoms with Gasteiger partial charge < -0.3 is 14.4 Å². The molecule has 0 radical (unpaired) electrons. The minimum Gasteiger partial charge on any atom is -0.493 e. The maximum absolute atomic E-state index is 13.2. The van der Waals surface area contributed by atoms with Gasteiger partial charge in [-0.2, -0.15) is 8.78 Å². The van der Waals surface area contributed by atoms with E-state index in [-0.39, 0.29) is 35.3 Å². The summed E-state index contributed by atoms with van der Waals surface area (Å²) in [5.74, 6) is -0.779. The molecule has 0 unspecified atom stereocenters. The van der Waals surface area contributed by atoms with Gasteiger partial charge in [0.25, 0.3) is 0 Å². The predicted molar refractivity (Wildman–Crippen MR) is 91.5 cm³/mol. The lowest BCUT2D eigenvalue weighted by Crippen LogP contribution is -2.24. The molecule has 7 heteroatoms. The Labute approximate surface area is 149 Å². The van der Waals surface area contributed by atoms with Crippen molar-refractivity contribution in [1.82, 2.24) is 4.90 Å². The van der Waals surface area contributed by atoms with E-state index >= 15 is 0 Å².